The molecule has 2 N–H and O–H groups in total. The van der Waals surface area contributed by atoms with Gasteiger partial charge in [-0.05, 0) is 31.6 Å². The van der Waals surface area contributed by atoms with Gasteiger partial charge in [0, 0.05) is 12.5 Å². The molecule has 1 heterocycles. The van der Waals surface area contributed by atoms with Gasteiger partial charge in [0.25, 0.3) is 0 Å². The third kappa shape index (κ3) is 5.19. The van der Waals surface area contributed by atoms with Gasteiger partial charge in [0.2, 0.25) is 5.91 Å². The third-order valence-corrected chi connectivity index (χ3v) is 3.52. The van der Waals surface area contributed by atoms with Gasteiger partial charge in [-0.25, -0.2) is 4.79 Å². The van der Waals surface area contributed by atoms with Gasteiger partial charge in [-0.15, -0.1) is 0 Å². The third-order valence-electron chi connectivity index (χ3n) is 3.52. The van der Waals surface area contributed by atoms with Crippen LogP contribution in [-0.2, 0) is 14.3 Å². The molecular formula is C14H25NO4. The molecule has 110 valence electrons. The summed E-state index contributed by atoms with van der Waals surface area (Å²) in [5, 5.41) is 11.8. The van der Waals surface area contributed by atoms with Gasteiger partial charge in [0.05, 0.1) is 6.10 Å². The highest BCUT2D eigenvalue weighted by Crippen LogP contribution is 2.22. The van der Waals surface area contributed by atoms with E-state index in [1.165, 1.54) is 0 Å². The van der Waals surface area contributed by atoms with Gasteiger partial charge in [-0.1, -0.05) is 20.8 Å². The Balaban J connectivity index is 2.53. The fourth-order valence-corrected chi connectivity index (χ4v) is 2.39. The van der Waals surface area contributed by atoms with Crippen molar-refractivity contribution < 1.29 is 19.4 Å². The zero-order valence-corrected chi connectivity index (χ0v) is 12.0. The summed E-state index contributed by atoms with van der Waals surface area (Å²) in [6.45, 7) is 6.51. The van der Waals surface area contributed by atoms with Crippen molar-refractivity contribution in [2.45, 2.75) is 58.6 Å². The fraction of sp³-hybridized carbons (Fsp3) is 0.857. The molecule has 2 unspecified atom stereocenters. The summed E-state index contributed by atoms with van der Waals surface area (Å²) in [5.41, 5.74) is 0. The maximum Gasteiger partial charge on any atom is 0.326 e. The first kappa shape index (κ1) is 16.0. The molecule has 0 aromatic rings. The number of ether oxygens (including phenoxy) is 1. The molecule has 1 aliphatic heterocycles. The standard InChI is InChI=1S/C14H25NO4/c1-4-11-8-10(5-6-19-11)13(16)15-12(14(17)18)7-9(2)3/h9-12H,4-8H2,1-3H3,(H,15,16)(H,17,18)/t10?,11?,12-/m1/s1. The van der Waals surface area contributed by atoms with Gasteiger partial charge in [-0.3, -0.25) is 4.79 Å². The smallest absolute Gasteiger partial charge is 0.326 e. The SMILES string of the molecule is CCC1CC(C(=O)N[C@H](CC(C)C)C(=O)O)CCO1. The summed E-state index contributed by atoms with van der Waals surface area (Å²) in [6.07, 6.45) is 2.84. The molecule has 1 rings (SSSR count). The van der Waals surface area contributed by atoms with E-state index in [1.807, 2.05) is 20.8 Å². The molecule has 0 saturated carbocycles. The van der Waals surface area contributed by atoms with Crippen molar-refractivity contribution in [1.29, 1.82) is 0 Å². The Kier molecular flexibility index (Phi) is 6.28. The Labute approximate surface area is 114 Å². The van der Waals surface area contributed by atoms with Crippen LogP contribution in [0.4, 0.5) is 0 Å². The lowest BCUT2D eigenvalue weighted by Gasteiger charge is -2.29. The Bertz CT molecular complexity index is 317. The number of aliphatic carboxylic acids is 1. The van der Waals surface area contributed by atoms with E-state index in [4.69, 9.17) is 9.84 Å². The number of hydrogen-bond acceptors (Lipinski definition) is 3. The van der Waals surface area contributed by atoms with Crippen LogP contribution in [0.3, 0.4) is 0 Å². The second-order valence-electron chi connectivity index (χ2n) is 5.65. The highest BCUT2D eigenvalue weighted by molar-refractivity contribution is 5.85. The van der Waals surface area contributed by atoms with Crippen LogP contribution in [0.15, 0.2) is 0 Å². The summed E-state index contributed by atoms with van der Waals surface area (Å²) in [5.74, 6) is -0.983. The Morgan fingerprint density at radius 1 is 1.42 bits per heavy atom. The normalized spacial score (nSPS) is 25.1. The highest BCUT2D eigenvalue weighted by Gasteiger charge is 2.30. The second kappa shape index (κ2) is 7.48. The van der Waals surface area contributed by atoms with Crippen LogP contribution in [0.5, 0.6) is 0 Å². The molecule has 0 aliphatic carbocycles. The quantitative estimate of drug-likeness (QED) is 0.772. The number of carbonyl (C=O) groups excluding carboxylic acids is 1. The molecule has 0 aromatic heterocycles. The monoisotopic (exact) mass is 271 g/mol. The Morgan fingerprint density at radius 3 is 2.63 bits per heavy atom. The van der Waals surface area contributed by atoms with Crippen molar-refractivity contribution in [3.05, 3.63) is 0 Å². The van der Waals surface area contributed by atoms with Gasteiger partial charge in [0.15, 0.2) is 0 Å². The summed E-state index contributed by atoms with van der Waals surface area (Å²) < 4.78 is 5.53. The van der Waals surface area contributed by atoms with E-state index in [0.717, 1.165) is 6.42 Å². The summed E-state index contributed by atoms with van der Waals surface area (Å²) in [4.78, 5) is 23.3. The van der Waals surface area contributed by atoms with Crippen molar-refractivity contribution in [3.8, 4) is 0 Å². The summed E-state index contributed by atoms with van der Waals surface area (Å²) >= 11 is 0. The number of carbonyl (C=O) groups is 2. The van der Waals surface area contributed by atoms with Crippen LogP contribution in [0.1, 0.15) is 46.5 Å². The number of nitrogens with one attached hydrogen (secondary N) is 1. The number of hydrogen-bond donors (Lipinski definition) is 2. The molecule has 1 amide bonds. The van der Waals surface area contributed by atoms with Gasteiger partial charge in [-0.2, -0.15) is 0 Å². The molecule has 1 fully saturated rings. The van der Waals surface area contributed by atoms with E-state index in [0.29, 0.717) is 25.9 Å². The van der Waals surface area contributed by atoms with Crippen LogP contribution in [-0.4, -0.2) is 35.7 Å². The summed E-state index contributed by atoms with van der Waals surface area (Å²) in [7, 11) is 0. The minimum absolute atomic E-state index is 0.118. The van der Waals surface area contributed by atoms with Gasteiger partial charge in [0.1, 0.15) is 6.04 Å². The van der Waals surface area contributed by atoms with E-state index in [1.54, 1.807) is 0 Å². The molecule has 1 aliphatic rings. The first-order chi connectivity index (χ1) is 8.93. The molecule has 0 aromatic carbocycles. The fourth-order valence-electron chi connectivity index (χ4n) is 2.39. The van der Waals surface area contributed by atoms with Crippen molar-refractivity contribution in [3.63, 3.8) is 0 Å². The first-order valence-electron chi connectivity index (χ1n) is 7.08. The zero-order chi connectivity index (χ0) is 14.4. The van der Waals surface area contributed by atoms with E-state index in [2.05, 4.69) is 5.32 Å². The van der Waals surface area contributed by atoms with Gasteiger partial charge >= 0.3 is 5.97 Å². The van der Waals surface area contributed by atoms with E-state index < -0.39 is 12.0 Å². The van der Waals surface area contributed by atoms with Crippen LogP contribution < -0.4 is 5.32 Å². The lowest BCUT2D eigenvalue weighted by Crippen LogP contribution is -2.46. The molecule has 0 spiro atoms. The average molecular weight is 271 g/mol. The topological polar surface area (TPSA) is 75.6 Å². The minimum Gasteiger partial charge on any atom is -0.480 e. The van der Waals surface area contributed by atoms with Crippen LogP contribution in [0.25, 0.3) is 0 Å². The van der Waals surface area contributed by atoms with Gasteiger partial charge < -0.3 is 15.2 Å². The molecule has 19 heavy (non-hydrogen) atoms. The summed E-state index contributed by atoms with van der Waals surface area (Å²) in [6, 6.07) is -0.782. The Morgan fingerprint density at radius 2 is 2.11 bits per heavy atom. The van der Waals surface area contributed by atoms with Crippen molar-refractivity contribution in [2.24, 2.45) is 11.8 Å². The Hall–Kier alpha value is -1.10. The lowest BCUT2D eigenvalue weighted by atomic mass is 9.93. The van der Waals surface area contributed by atoms with Crippen molar-refractivity contribution in [1.82, 2.24) is 5.32 Å². The minimum atomic E-state index is -0.957. The number of carboxylic acids is 1. The molecule has 1 saturated heterocycles. The maximum atomic E-state index is 12.1. The average Bonchev–Trinajstić information content (AvgIpc) is 2.37. The predicted octanol–water partition coefficient (Wildman–Crippen LogP) is 1.81. The largest absolute Gasteiger partial charge is 0.480 e. The van der Waals surface area contributed by atoms with Crippen molar-refractivity contribution >= 4 is 11.9 Å². The lowest BCUT2D eigenvalue weighted by molar-refractivity contribution is -0.144. The number of amides is 1. The van der Waals surface area contributed by atoms with Crippen LogP contribution >= 0.6 is 0 Å². The van der Waals surface area contributed by atoms with E-state index >= 15 is 0 Å². The first-order valence-corrected chi connectivity index (χ1v) is 7.08. The number of rotatable bonds is 6. The molecule has 5 nitrogen and oxygen atoms in total. The molecule has 3 atom stereocenters. The van der Waals surface area contributed by atoms with Crippen molar-refractivity contribution in [2.75, 3.05) is 6.61 Å². The molecular weight excluding hydrogens is 246 g/mol. The maximum absolute atomic E-state index is 12.1. The van der Waals surface area contributed by atoms with Crippen LogP contribution in [0.2, 0.25) is 0 Å². The van der Waals surface area contributed by atoms with Crippen LogP contribution in [0, 0.1) is 11.8 Å². The predicted molar refractivity (Wildman–Crippen MR) is 71.8 cm³/mol. The number of carboxylic acid groups (broad SMARTS) is 1. The van der Waals surface area contributed by atoms with E-state index in [-0.39, 0.29) is 23.8 Å². The molecule has 5 heteroatoms. The molecule has 0 radical (unpaired) electrons. The zero-order valence-electron chi connectivity index (χ0n) is 12.0. The highest BCUT2D eigenvalue weighted by atomic mass is 16.5. The molecule has 0 bridgehead atoms. The van der Waals surface area contributed by atoms with E-state index in [9.17, 15) is 9.59 Å². The second-order valence-corrected chi connectivity index (χ2v) is 5.65.